The standard InChI is InChI=1S/C19H15BrN2O3S/c1-12-10-14(8-9-15(12)20)21-18(23)11-22-16-6-2-4-13-5-3-7-17(19(13)16)26(22,24)25/h2-10H,11H2,1H3,(H,21,23). The van der Waals surface area contributed by atoms with Gasteiger partial charge in [0.2, 0.25) is 5.91 Å². The Kier molecular flexibility index (Phi) is 4.00. The second kappa shape index (κ2) is 6.10. The summed E-state index contributed by atoms with van der Waals surface area (Å²) in [7, 11) is -3.74. The van der Waals surface area contributed by atoms with Crippen molar-refractivity contribution in [2.75, 3.05) is 16.2 Å². The lowest BCUT2D eigenvalue weighted by Crippen LogP contribution is -2.35. The van der Waals surface area contributed by atoms with Crippen LogP contribution in [0.2, 0.25) is 0 Å². The van der Waals surface area contributed by atoms with Crippen LogP contribution in [-0.2, 0) is 14.8 Å². The maximum absolute atomic E-state index is 12.9. The molecule has 3 aromatic carbocycles. The minimum Gasteiger partial charge on any atom is -0.325 e. The van der Waals surface area contributed by atoms with Crippen LogP contribution in [0.15, 0.2) is 64.0 Å². The van der Waals surface area contributed by atoms with Crippen molar-refractivity contribution < 1.29 is 13.2 Å². The second-order valence-electron chi connectivity index (χ2n) is 6.16. The Morgan fingerprint density at radius 1 is 1.12 bits per heavy atom. The predicted octanol–water partition coefficient (Wildman–Crippen LogP) is 4.06. The van der Waals surface area contributed by atoms with Gasteiger partial charge >= 0.3 is 0 Å². The fourth-order valence-corrected chi connectivity index (χ4v) is 5.10. The number of rotatable bonds is 3. The van der Waals surface area contributed by atoms with Gasteiger partial charge in [-0.25, -0.2) is 8.42 Å². The first-order chi connectivity index (χ1) is 12.4. The minimum absolute atomic E-state index is 0.248. The molecule has 1 amide bonds. The van der Waals surface area contributed by atoms with Crippen molar-refractivity contribution in [1.82, 2.24) is 0 Å². The molecule has 1 N–H and O–H groups in total. The summed E-state index contributed by atoms with van der Waals surface area (Å²) in [6.07, 6.45) is 0. The summed E-state index contributed by atoms with van der Waals surface area (Å²) in [5.41, 5.74) is 2.15. The smallest absolute Gasteiger partial charge is 0.265 e. The van der Waals surface area contributed by atoms with Gasteiger partial charge in [-0.2, -0.15) is 0 Å². The molecule has 26 heavy (non-hydrogen) atoms. The van der Waals surface area contributed by atoms with E-state index < -0.39 is 10.0 Å². The Morgan fingerprint density at radius 3 is 2.58 bits per heavy atom. The number of nitrogens with zero attached hydrogens (tertiary/aromatic N) is 1. The molecule has 0 bridgehead atoms. The molecule has 1 heterocycles. The van der Waals surface area contributed by atoms with Gasteiger partial charge in [-0.1, -0.05) is 40.2 Å². The van der Waals surface area contributed by atoms with Crippen LogP contribution in [0.3, 0.4) is 0 Å². The molecule has 0 fully saturated rings. The van der Waals surface area contributed by atoms with Crippen LogP contribution < -0.4 is 9.62 Å². The molecule has 0 saturated heterocycles. The van der Waals surface area contributed by atoms with Gasteiger partial charge in [0.1, 0.15) is 6.54 Å². The molecule has 0 unspecified atom stereocenters. The molecule has 7 heteroatoms. The fourth-order valence-electron chi connectivity index (χ4n) is 3.18. The third kappa shape index (κ3) is 2.68. The predicted molar refractivity (Wildman–Crippen MR) is 106 cm³/mol. The normalized spacial score (nSPS) is 14.6. The third-order valence-corrected chi connectivity index (χ3v) is 7.10. The van der Waals surface area contributed by atoms with E-state index in [1.165, 1.54) is 4.31 Å². The molecule has 0 spiro atoms. The molecular formula is C19H15BrN2O3S. The van der Waals surface area contributed by atoms with Gasteiger partial charge < -0.3 is 5.32 Å². The molecule has 5 nitrogen and oxygen atoms in total. The first-order valence-corrected chi connectivity index (χ1v) is 10.2. The van der Waals surface area contributed by atoms with Crippen LogP contribution in [0.5, 0.6) is 0 Å². The number of carbonyl (C=O) groups is 1. The van der Waals surface area contributed by atoms with E-state index in [2.05, 4.69) is 21.2 Å². The Bertz CT molecular complexity index is 1150. The topological polar surface area (TPSA) is 66.5 Å². The Balaban J connectivity index is 1.65. The van der Waals surface area contributed by atoms with E-state index in [0.717, 1.165) is 15.4 Å². The highest BCUT2D eigenvalue weighted by Crippen LogP contribution is 2.41. The Morgan fingerprint density at radius 2 is 1.85 bits per heavy atom. The van der Waals surface area contributed by atoms with Crippen molar-refractivity contribution in [3.8, 4) is 0 Å². The van der Waals surface area contributed by atoms with Crippen molar-refractivity contribution in [3.63, 3.8) is 0 Å². The summed E-state index contributed by atoms with van der Waals surface area (Å²) >= 11 is 3.41. The van der Waals surface area contributed by atoms with Crippen molar-refractivity contribution in [1.29, 1.82) is 0 Å². The average molecular weight is 431 g/mol. The quantitative estimate of drug-likeness (QED) is 0.680. The van der Waals surface area contributed by atoms with Crippen molar-refractivity contribution >= 4 is 54.0 Å². The summed E-state index contributed by atoms with van der Waals surface area (Å²) in [5, 5.41) is 4.28. The molecule has 0 aromatic heterocycles. The first-order valence-electron chi connectivity index (χ1n) is 7.98. The minimum atomic E-state index is -3.74. The van der Waals surface area contributed by atoms with Crippen LogP contribution in [0.4, 0.5) is 11.4 Å². The number of halogens is 1. The lowest BCUT2D eigenvalue weighted by molar-refractivity contribution is -0.114. The van der Waals surface area contributed by atoms with E-state index in [1.807, 2.05) is 31.2 Å². The Hall–Kier alpha value is -2.38. The third-order valence-electron chi connectivity index (χ3n) is 4.41. The molecule has 3 aromatic rings. The molecular weight excluding hydrogens is 416 g/mol. The van der Waals surface area contributed by atoms with Crippen LogP contribution in [0, 0.1) is 6.92 Å². The summed E-state index contributed by atoms with van der Waals surface area (Å²) in [5.74, 6) is -0.389. The van der Waals surface area contributed by atoms with Gasteiger partial charge in [0, 0.05) is 15.5 Å². The van der Waals surface area contributed by atoms with E-state index in [-0.39, 0.29) is 17.3 Å². The first kappa shape index (κ1) is 17.1. The van der Waals surface area contributed by atoms with Crippen LogP contribution in [-0.4, -0.2) is 20.9 Å². The number of anilines is 2. The highest BCUT2D eigenvalue weighted by atomic mass is 79.9. The van der Waals surface area contributed by atoms with Crippen LogP contribution in [0.25, 0.3) is 10.8 Å². The number of carbonyl (C=O) groups excluding carboxylic acids is 1. The SMILES string of the molecule is Cc1cc(NC(=O)CN2c3cccc4cccc(c34)S2(=O)=O)ccc1Br. The van der Waals surface area contributed by atoms with Crippen LogP contribution >= 0.6 is 15.9 Å². The number of benzene rings is 3. The largest absolute Gasteiger partial charge is 0.325 e. The van der Waals surface area contributed by atoms with Gasteiger partial charge in [0.05, 0.1) is 10.6 Å². The van der Waals surface area contributed by atoms with Gasteiger partial charge in [-0.05, 0) is 48.2 Å². The molecule has 0 aliphatic carbocycles. The number of sulfonamides is 1. The van der Waals surface area contributed by atoms with Crippen molar-refractivity contribution in [3.05, 3.63) is 64.6 Å². The van der Waals surface area contributed by atoms with Crippen molar-refractivity contribution in [2.24, 2.45) is 0 Å². The molecule has 4 rings (SSSR count). The Labute approximate surface area is 159 Å². The molecule has 1 aliphatic rings. The summed E-state index contributed by atoms with van der Waals surface area (Å²) in [4.78, 5) is 12.7. The van der Waals surface area contributed by atoms with Crippen molar-refractivity contribution in [2.45, 2.75) is 11.8 Å². The van der Waals surface area contributed by atoms with Gasteiger partial charge in [0.15, 0.2) is 0 Å². The average Bonchev–Trinajstić information content (AvgIpc) is 2.82. The highest BCUT2D eigenvalue weighted by Gasteiger charge is 2.36. The number of hydrogen-bond donors (Lipinski definition) is 1. The number of hydrogen-bond acceptors (Lipinski definition) is 3. The molecule has 0 atom stereocenters. The molecule has 0 saturated carbocycles. The van der Waals surface area contributed by atoms with Gasteiger partial charge in [-0.15, -0.1) is 0 Å². The zero-order valence-electron chi connectivity index (χ0n) is 13.9. The van der Waals surface area contributed by atoms with E-state index in [4.69, 9.17) is 0 Å². The monoisotopic (exact) mass is 430 g/mol. The lowest BCUT2D eigenvalue weighted by atomic mass is 10.1. The van der Waals surface area contributed by atoms with E-state index in [9.17, 15) is 13.2 Å². The van der Waals surface area contributed by atoms with Gasteiger partial charge in [0.25, 0.3) is 10.0 Å². The van der Waals surface area contributed by atoms with E-state index >= 15 is 0 Å². The summed E-state index contributed by atoms with van der Waals surface area (Å²) in [6.45, 7) is 1.65. The number of amides is 1. The zero-order chi connectivity index (χ0) is 18.5. The molecule has 0 radical (unpaired) electrons. The summed E-state index contributed by atoms with van der Waals surface area (Å²) in [6, 6.07) is 16.0. The fraction of sp³-hybridized carbons (Fsp3) is 0.105. The van der Waals surface area contributed by atoms with Crippen LogP contribution in [0.1, 0.15) is 5.56 Å². The summed E-state index contributed by atoms with van der Waals surface area (Å²) < 4.78 is 27.9. The number of aryl methyl sites for hydroxylation is 1. The molecule has 1 aliphatic heterocycles. The highest BCUT2D eigenvalue weighted by molar-refractivity contribution is 9.10. The second-order valence-corrected chi connectivity index (χ2v) is 8.84. The van der Waals surface area contributed by atoms with E-state index in [0.29, 0.717) is 16.8 Å². The van der Waals surface area contributed by atoms with E-state index in [1.54, 1.807) is 30.3 Å². The zero-order valence-corrected chi connectivity index (χ0v) is 16.3. The lowest BCUT2D eigenvalue weighted by Gasteiger charge is -2.18. The van der Waals surface area contributed by atoms with Gasteiger partial charge in [-0.3, -0.25) is 9.10 Å². The maximum Gasteiger partial charge on any atom is 0.265 e. The number of nitrogens with one attached hydrogen (secondary N) is 1. The molecule has 132 valence electrons. The maximum atomic E-state index is 12.9.